The van der Waals surface area contributed by atoms with Crippen LogP contribution in [0.25, 0.3) is 5.69 Å². The number of Topliss-reactive ketones (excluding diaryl/α,β-unsaturated/α-hetero) is 1. The first kappa shape index (κ1) is 22.7. The van der Waals surface area contributed by atoms with Crippen molar-refractivity contribution in [3.05, 3.63) is 70.5 Å². The van der Waals surface area contributed by atoms with Gasteiger partial charge >= 0.3 is 0 Å². The summed E-state index contributed by atoms with van der Waals surface area (Å²) in [5.41, 5.74) is 3.18. The zero-order valence-electron chi connectivity index (χ0n) is 17.8. The number of methoxy groups -OCH3 is 3. The molecule has 1 aromatic heterocycles. The molecule has 1 atom stereocenters. The minimum absolute atomic E-state index is 0.00799. The molecule has 0 saturated heterocycles. The number of carbonyl (C=O) groups excluding carboxylic acids is 1. The highest BCUT2D eigenvalue weighted by Gasteiger charge is 2.20. The second-order valence-electron chi connectivity index (χ2n) is 6.72. The van der Waals surface area contributed by atoms with Crippen LogP contribution < -0.4 is 9.47 Å². The SMILES string of the molecule is COc1cc(C(C)=NCC(=O)C(OC)c2ccc(-n3cccn3)cc2)cc(OC)c1Br. The minimum Gasteiger partial charge on any atom is -0.495 e. The van der Waals surface area contributed by atoms with Crippen molar-refractivity contribution in [3.8, 4) is 17.2 Å². The van der Waals surface area contributed by atoms with Crippen LogP contribution in [0.1, 0.15) is 24.2 Å². The summed E-state index contributed by atoms with van der Waals surface area (Å²) in [6.45, 7) is 1.84. The van der Waals surface area contributed by atoms with E-state index in [9.17, 15) is 4.79 Å². The lowest BCUT2D eigenvalue weighted by atomic mass is 10.0. The van der Waals surface area contributed by atoms with E-state index in [0.717, 1.165) is 21.3 Å². The first-order chi connectivity index (χ1) is 15.0. The normalized spacial score (nSPS) is 12.5. The Kier molecular flexibility index (Phi) is 7.59. The van der Waals surface area contributed by atoms with E-state index in [1.165, 1.54) is 7.11 Å². The van der Waals surface area contributed by atoms with Gasteiger partial charge in [0.25, 0.3) is 0 Å². The maximum atomic E-state index is 12.8. The van der Waals surface area contributed by atoms with Gasteiger partial charge in [-0.05, 0) is 58.7 Å². The number of halogens is 1. The lowest BCUT2D eigenvalue weighted by Gasteiger charge is -2.15. The van der Waals surface area contributed by atoms with E-state index in [4.69, 9.17) is 14.2 Å². The van der Waals surface area contributed by atoms with Gasteiger partial charge in [-0.2, -0.15) is 5.10 Å². The van der Waals surface area contributed by atoms with Crippen molar-refractivity contribution in [1.82, 2.24) is 9.78 Å². The Morgan fingerprint density at radius 1 is 1.13 bits per heavy atom. The smallest absolute Gasteiger partial charge is 0.187 e. The molecular formula is C23H24BrN3O4. The monoisotopic (exact) mass is 485 g/mol. The number of nitrogens with zero attached hydrogens (tertiary/aromatic N) is 3. The summed E-state index contributed by atoms with van der Waals surface area (Å²) < 4.78 is 18.7. The first-order valence-corrected chi connectivity index (χ1v) is 10.4. The van der Waals surface area contributed by atoms with Crippen LogP contribution in [0.5, 0.6) is 11.5 Å². The Morgan fingerprint density at radius 3 is 2.29 bits per heavy atom. The molecule has 1 unspecified atom stereocenters. The van der Waals surface area contributed by atoms with Crippen molar-refractivity contribution in [2.75, 3.05) is 27.9 Å². The number of hydrogen-bond acceptors (Lipinski definition) is 6. The summed E-state index contributed by atoms with van der Waals surface area (Å²) in [6, 6.07) is 13.1. The highest BCUT2D eigenvalue weighted by Crippen LogP contribution is 2.35. The molecule has 0 aliphatic heterocycles. The van der Waals surface area contributed by atoms with E-state index in [0.29, 0.717) is 17.2 Å². The number of ketones is 1. The van der Waals surface area contributed by atoms with Gasteiger partial charge in [0, 0.05) is 30.8 Å². The average Bonchev–Trinajstić information content (AvgIpc) is 3.33. The predicted molar refractivity (Wildman–Crippen MR) is 123 cm³/mol. The first-order valence-electron chi connectivity index (χ1n) is 9.57. The van der Waals surface area contributed by atoms with Crippen LogP contribution in [0.2, 0.25) is 0 Å². The van der Waals surface area contributed by atoms with Crippen LogP contribution in [0.4, 0.5) is 0 Å². The van der Waals surface area contributed by atoms with E-state index in [1.807, 2.05) is 55.6 Å². The van der Waals surface area contributed by atoms with Crippen LogP contribution >= 0.6 is 15.9 Å². The quantitative estimate of drug-likeness (QED) is 0.419. The van der Waals surface area contributed by atoms with Gasteiger partial charge in [0.2, 0.25) is 0 Å². The van der Waals surface area contributed by atoms with Gasteiger partial charge in [-0.1, -0.05) is 12.1 Å². The third kappa shape index (κ3) is 5.21. The number of rotatable bonds is 9. The van der Waals surface area contributed by atoms with Gasteiger partial charge in [-0.15, -0.1) is 0 Å². The zero-order valence-corrected chi connectivity index (χ0v) is 19.4. The molecule has 0 bridgehead atoms. The van der Waals surface area contributed by atoms with Gasteiger partial charge in [-0.3, -0.25) is 9.79 Å². The lowest BCUT2D eigenvalue weighted by molar-refractivity contribution is -0.127. The van der Waals surface area contributed by atoms with Crippen molar-refractivity contribution in [2.45, 2.75) is 13.0 Å². The molecule has 0 radical (unpaired) electrons. The summed E-state index contributed by atoms with van der Waals surface area (Å²) >= 11 is 3.45. The van der Waals surface area contributed by atoms with Crippen molar-refractivity contribution in [3.63, 3.8) is 0 Å². The molecule has 3 aromatic rings. The van der Waals surface area contributed by atoms with Gasteiger partial charge in [0.05, 0.1) is 19.9 Å². The third-order valence-corrected chi connectivity index (χ3v) is 5.61. The summed E-state index contributed by atoms with van der Waals surface area (Å²) in [4.78, 5) is 17.3. The molecule has 0 N–H and O–H groups in total. The fourth-order valence-electron chi connectivity index (χ4n) is 3.13. The number of carbonyl (C=O) groups is 1. The molecule has 0 spiro atoms. The van der Waals surface area contributed by atoms with Crippen molar-refractivity contribution in [2.24, 2.45) is 4.99 Å². The van der Waals surface area contributed by atoms with Gasteiger partial charge in [-0.25, -0.2) is 4.68 Å². The molecule has 0 aliphatic carbocycles. The molecule has 0 aliphatic rings. The standard InChI is InChI=1S/C23H24BrN3O4/c1-15(17-12-20(29-2)22(24)21(13-17)30-3)25-14-19(28)23(31-4)16-6-8-18(9-7-16)27-11-5-10-26-27/h5-13,23H,14H2,1-4H3. The highest BCUT2D eigenvalue weighted by molar-refractivity contribution is 9.10. The number of aliphatic imine (C=N–C) groups is 1. The molecule has 0 amide bonds. The third-order valence-electron chi connectivity index (χ3n) is 4.83. The van der Waals surface area contributed by atoms with Crippen LogP contribution in [0.3, 0.4) is 0 Å². The summed E-state index contributed by atoms with van der Waals surface area (Å²) in [5.74, 6) is 1.12. The maximum absolute atomic E-state index is 12.8. The fraction of sp³-hybridized carbons (Fsp3) is 0.261. The molecule has 162 valence electrons. The second kappa shape index (κ2) is 10.4. The number of hydrogen-bond donors (Lipinski definition) is 0. The Labute approximate surface area is 189 Å². The molecule has 2 aromatic carbocycles. The second-order valence-corrected chi connectivity index (χ2v) is 7.51. The molecule has 8 heteroatoms. The molecule has 0 fully saturated rings. The van der Waals surface area contributed by atoms with Crippen molar-refractivity contribution < 1.29 is 19.0 Å². The molecular weight excluding hydrogens is 462 g/mol. The summed E-state index contributed by atoms with van der Waals surface area (Å²) in [6.07, 6.45) is 2.88. The molecule has 0 saturated carbocycles. The Hall–Kier alpha value is -2.97. The largest absolute Gasteiger partial charge is 0.495 e. The molecule has 1 heterocycles. The van der Waals surface area contributed by atoms with Crippen LogP contribution in [-0.4, -0.2) is 49.1 Å². The molecule has 7 nitrogen and oxygen atoms in total. The van der Waals surface area contributed by atoms with Crippen LogP contribution in [0.15, 0.2) is 64.3 Å². The Bertz CT molecular complexity index is 1040. The summed E-state index contributed by atoms with van der Waals surface area (Å²) in [7, 11) is 4.69. The average molecular weight is 486 g/mol. The highest BCUT2D eigenvalue weighted by atomic mass is 79.9. The Morgan fingerprint density at radius 2 is 1.77 bits per heavy atom. The van der Waals surface area contributed by atoms with Crippen LogP contribution in [-0.2, 0) is 9.53 Å². The molecule has 31 heavy (non-hydrogen) atoms. The van der Waals surface area contributed by atoms with E-state index < -0.39 is 6.10 Å². The van der Waals surface area contributed by atoms with E-state index in [1.54, 1.807) is 25.1 Å². The minimum atomic E-state index is -0.697. The lowest BCUT2D eigenvalue weighted by Crippen LogP contribution is -2.18. The van der Waals surface area contributed by atoms with Gasteiger partial charge in [0.1, 0.15) is 28.6 Å². The molecule has 3 rings (SSSR count). The summed E-state index contributed by atoms with van der Waals surface area (Å²) in [5, 5.41) is 4.20. The van der Waals surface area contributed by atoms with Crippen molar-refractivity contribution >= 4 is 27.4 Å². The topological polar surface area (TPSA) is 74.9 Å². The van der Waals surface area contributed by atoms with Gasteiger partial charge in [0.15, 0.2) is 5.78 Å². The fourth-order valence-corrected chi connectivity index (χ4v) is 3.68. The predicted octanol–water partition coefficient (Wildman–Crippen LogP) is 4.42. The van der Waals surface area contributed by atoms with Crippen LogP contribution in [0, 0.1) is 0 Å². The maximum Gasteiger partial charge on any atom is 0.187 e. The number of ether oxygens (including phenoxy) is 3. The number of aromatic nitrogens is 2. The van der Waals surface area contributed by atoms with E-state index in [2.05, 4.69) is 26.0 Å². The van der Waals surface area contributed by atoms with E-state index >= 15 is 0 Å². The number of benzene rings is 2. The Balaban J connectivity index is 1.75. The van der Waals surface area contributed by atoms with Gasteiger partial charge < -0.3 is 14.2 Å². The van der Waals surface area contributed by atoms with Crippen molar-refractivity contribution in [1.29, 1.82) is 0 Å². The van der Waals surface area contributed by atoms with E-state index in [-0.39, 0.29) is 12.3 Å². The zero-order chi connectivity index (χ0) is 22.4.